The third-order valence-electron chi connectivity index (χ3n) is 4.57. The molecule has 2 N–H and O–H groups in total. The maximum Gasteiger partial charge on any atom is 0.191 e. The van der Waals surface area contributed by atoms with Gasteiger partial charge in [-0.05, 0) is 49.9 Å². The van der Waals surface area contributed by atoms with Crippen LogP contribution in [0.2, 0.25) is 0 Å². The highest BCUT2D eigenvalue weighted by atomic mass is 15.2. The van der Waals surface area contributed by atoms with Gasteiger partial charge in [0, 0.05) is 37.4 Å². The van der Waals surface area contributed by atoms with Crippen LogP contribution >= 0.6 is 0 Å². The van der Waals surface area contributed by atoms with Gasteiger partial charge in [0.2, 0.25) is 0 Å². The van der Waals surface area contributed by atoms with Crippen LogP contribution in [-0.2, 0) is 6.42 Å². The fourth-order valence-electron chi connectivity index (χ4n) is 2.78. The van der Waals surface area contributed by atoms with Gasteiger partial charge < -0.3 is 10.6 Å². The summed E-state index contributed by atoms with van der Waals surface area (Å²) in [5.41, 5.74) is 3.87. The summed E-state index contributed by atoms with van der Waals surface area (Å²) < 4.78 is 0. The average Bonchev–Trinajstić information content (AvgIpc) is 2.63. The number of hydrogen-bond donors (Lipinski definition) is 2. The van der Waals surface area contributed by atoms with Crippen LogP contribution in [0.4, 0.5) is 0 Å². The van der Waals surface area contributed by atoms with E-state index in [9.17, 15) is 0 Å². The molecular weight excluding hydrogens is 308 g/mol. The number of pyridine rings is 1. The van der Waals surface area contributed by atoms with Gasteiger partial charge in [0.05, 0.1) is 0 Å². The molecule has 0 aliphatic rings. The Morgan fingerprint density at radius 3 is 2.60 bits per heavy atom. The van der Waals surface area contributed by atoms with E-state index < -0.39 is 0 Å². The predicted molar refractivity (Wildman–Crippen MR) is 106 cm³/mol. The average molecular weight is 338 g/mol. The van der Waals surface area contributed by atoms with Crippen LogP contribution in [0, 0.1) is 6.92 Å². The van der Waals surface area contributed by atoms with Crippen LogP contribution < -0.4 is 10.6 Å². The number of guanidine groups is 1. The van der Waals surface area contributed by atoms with E-state index in [1.54, 1.807) is 0 Å². The largest absolute Gasteiger partial charge is 0.357 e. The van der Waals surface area contributed by atoms with E-state index in [-0.39, 0.29) is 0 Å². The lowest BCUT2D eigenvalue weighted by Crippen LogP contribution is -2.44. The van der Waals surface area contributed by atoms with Crippen LogP contribution in [0.3, 0.4) is 0 Å². The molecule has 2 atom stereocenters. The molecule has 0 amide bonds. The maximum atomic E-state index is 4.74. The van der Waals surface area contributed by atoms with Gasteiger partial charge in [-0.15, -0.1) is 0 Å². The van der Waals surface area contributed by atoms with Crippen LogP contribution in [0.25, 0.3) is 0 Å². The lowest BCUT2D eigenvalue weighted by molar-refractivity contribution is 0.550. The number of benzene rings is 1. The summed E-state index contributed by atoms with van der Waals surface area (Å²) in [5.74, 6) is 1.29. The van der Waals surface area contributed by atoms with E-state index in [1.807, 2.05) is 12.4 Å². The number of aryl methyl sites for hydroxylation is 1. The SMILES string of the molecule is CCNC(=NCCc1ccncc1C)NC(C)C(C)c1ccccc1. The van der Waals surface area contributed by atoms with Gasteiger partial charge in [0.1, 0.15) is 0 Å². The summed E-state index contributed by atoms with van der Waals surface area (Å²) in [4.78, 5) is 8.88. The molecule has 2 unspecified atom stereocenters. The summed E-state index contributed by atoms with van der Waals surface area (Å²) in [6, 6.07) is 13.0. The third kappa shape index (κ3) is 5.89. The van der Waals surface area contributed by atoms with Crippen molar-refractivity contribution in [1.82, 2.24) is 15.6 Å². The number of hydrogen-bond acceptors (Lipinski definition) is 2. The van der Waals surface area contributed by atoms with Crippen LogP contribution in [0.5, 0.6) is 0 Å². The fraction of sp³-hybridized carbons (Fsp3) is 0.429. The molecular formula is C21H30N4. The van der Waals surface area contributed by atoms with Crippen molar-refractivity contribution >= 4 is 5.96 Å². The summed E-state index contributed by atoms with van der Waals surface area (Å²) in [5, 5.41) is 6.89. The second-order valence-electron chi connectivity index (χ2n) is 6.45. The zero-order valence-corrected chi connectivity index (χ0v) is 15.8. The summed E-state index contributed by atoms with van der Waals surface area (Å²) in [7, 11) is 0. The van der Waals surface area contributed by atoms with Crippen LogP contribution in [-0.4, -0.2) is 30.1 Å². The Hall–Kier alpha value is -2.36. The highest BCUT2D eigenvalue weighted by Gasteiger charge is 2.15. The van der Waals surface area contributed by atoms with Gasteiger partial charge in [-0.3, -0.25) is 9.98 Å². The van der Waals surface area contributed by atoms with E-state index in [4.69, 9.17) is 4.99 Å². The smallest absolute Gasteiger partial charge is 0.191 e. The van der Waals surface area contributed by atoms with Gasteiger partial charge in [0.15, 0.2) is 5.96 Å². The Kier molecular flexibility index (Phi) is 7.45. The number of aliphatic imine (C=N–C) groups is 1. The number of rotatable bonds is 7. The first-order valence-electron chi connectivity index (χ1n) is 9.11. The number of aromatic nitrogens is 1. The topological polar surface area (TPSA) is 49.3 Å². The first-order valence-corrected chi connectivity index (χ1v) is 9.11. The number of nitrogens with zero attached hydrogens (tertiary/aromatic N) is 2. The minimum absolute atomic E-state index is 0.294. The van der Waals surface area contributed by atoms with Gasteiger partial charge in [0.25, 0.3) is 0 Å². The van der Waals surface area contributed by atoms with Gasteiger partial charge >= 0.3 is 0 Å². The van der Waals surface area contributed by atoms with Crippen molar-refractivity contribution < 1.29 is 0 Å². The Morgan fingerprint density at radius 2 is 1.92 bits per heavy atom. The zero-order chi connectivity index (χ0) is 18.1. The first-order chi connectivity index (χ1) is 12.1. The molecule has 1 aromatic heterocycles. The Labute approximate surface area is 151 Å². The zero-order valence-electron chi connectivity index (χ0n) is 15.8. The first kappa shape index (κ1) is 19.0. The monoisotopic (exact) mass is 338 g/mol. The highest BCUT2D eigenvalue weighted by Crippen LogP contribution is 2.18. The molecule has 1 aromatic carbocycles. The number of nitrogens with one attached hydrogen (secondary N) is 2. The Bertz CT molecular complexity index is 667. The normalized spacial score (nSPS) is 14.0. The molecule has 4 heteroatoms. The molecule has 0 saturated carbocycles. The highest BCUT2D eigenvalue weighted by molar-refractivity contribution is 5.80. The molecule has 1 heterocycles. The van der Waals surface area contributed by atoms with E-state index in [1.165, 1.54) is 16.7 Å². The van der Waals surface area contributed by atoms with Crippen LogP contribution in [0.15, 0.2) is 53.8 Å². The van der Waals surface area contributed by atoms with Crippen molar-refractivity contribution in [3.05, 3.63) is 65.5 Å². The lowest BCUT2D eigenvalue weighted by atomic mass is 9.94. The standard InChI is InChI=1S/C21H30N4/c1-5-23-21(24-14-12-19-11-13-22-15-16(19)2)25-18(4)17(3)20-9-7-6-8-10-20/h6-11,13,15,17-18H,5,12,14H2,1-4H3,(H2,23,24,25). The summed E-state index contributed by atoms with van der Waals surface area (Å²) >= 11 is 0. The van der Waals surface area contributed by atoms with Crippen molar-refractivity contribution in [2.45, 2.75) is 46.1 Å². The van der Waals surface area contributed by atoms with Gasteiger partial charge in [-0.1, -0.05) is 37.3 Å². The van der Waals surface area contributed by atoms with Crippen molar-refractivity contribution in [3.63, 3.8) is 0 Å². The van der Waals surface area contributed by atoms with Crippen molar-refractivity contribution in [3.8, 4) is 0 Å². The van der Waals surface area contributed by atoms with Crippen molar-refractivity contribution in [2.75, 3.05) is 13.1 Å². The Morgan fingerprint density at radius 1 is 1.16 bits per heavy atom. The third-order valence-corrected chi connectivity index (χ3v) is 4.57. The second kappa shape index (κ2) is 9.82. The van der Waals surface area contributed by atoms with Gasteiger partial charge in [-0.2, -0.15) is 0 Å². The minimum Gasteiger partial charge on any atom is -0.357 e. The molecule has 2 rings (SSSR count). The van der Waals surface area contributed by atoms with Crippen LogP contribution in [0.1, 0.15) is 43.4 Å². The molecule has 134 valence electrons. The molecule has 2 aromatic rings. The molecule has 25 heavy (non-hydrogen) atoms. The van der Waals surface area contributed by atoms with E-state index >= 15 is 0 Å². The van der Waals surface area contributed by atoms with E-state index in [0.29, 0.717) is 12.0 Å². The van der Waals surface area contributed by atoms with E-state index in [2.05, 4.69) is 79.7 Å². The van der Waals surface area contributed by atoms with Crippen molar-refractivity contribution in [2.24, 2.45) is 4.99 Å². The fourth-order valence-corrected chi connectivity index (χ4v) is 2.78. The molecule has 0 radical (unpaired) electrons. The van der Waals surface area contributed by atoms with Crippen molar-refractivity contribution in [1.29, 1.82) is 0 Å². The van der Waals surface area contributed by atoms with Gasteiger partial charge in [-0.25, -0.2) is 0 Å². The molecule has 0 bridgehead atoms. The summed E-state index contributed by atoms with van der Waals surface area (Å²) in [6.45, 7) is 10.3. The second-order valence-corrected chi connectivity index (χ2v) is 6.45. The maximum absolute atomic E-state index is 4.74. The molecule has 0 saturated heterocycles. The minimum atomic E-state index is 0.294. The molecule has 0 aliphatic heterocycles. The molecule has 4 nitrogen and oxygen atoms in total. The molecule has 0 spiro atoms. The quantitative estimate of drug-likeness (QED) is 0.598. The predicted octanol–water partition coefficient (Wildman–Crippen LogP) is 3.68. The molecule has 0 aliphatic carbocycles. The lowest BCUT2D eigenvalue weighted by Gasteiger charge is -2.24. The summed E-state index contributed by atoms with van der Waals surface area (Å²) in [6.07, 6.45) is 4.68. The molecule has 0 fully saturated rings. The Balaban J connectivity index is 1.96. The van der Waals surface area contributed by atoms with E-state index in [0.717, 1.165) is 25.5 Å².